The molecule has 0 amide bonds. The summed E-state index contributed by atoms with van der Waals surface area (Å²) in [6, 6.07) is 17.7. The van der Waals surface area contributed by atoms with Crippen molar-refractivity contribution in [3.8, 4) is 11.3 Å². The molecule has 0 saturated carbocycles. The monoisotopic (exact) mass is 309 g/mol. The third-order valence-electron chi connectivity index (χ3n) is 3.06. The van der Waals surface area contributed by atoms with Gasteiger partial charge in [-0.25, -0.2) is 0 Å². The molecule has 22 heavy (non-hydrogen) atoms. The van der Waals surface area contributed by atoms with Crippen LogP contribution in [0.4, 0.5) is 5.69 Å². The fourth-order valence-corrected chi connectivity index (χ4v) is 2.20. The number of nitrogens with one attached hydrogen (secondary N) is 2. The number of thiocarbonyl (C=S) groups is 1. The van der Waals surface area contributed by atoms with E-state index in [2.05, 4.69) is 15.6 Å². The molecule has 0 aliphatic carbocycles. The van der Waals surface area contributed by atoms with Gasteiger partial charge >= 0.3 is 0 Å². The Labute approximate surface area is 134 Å². The van der Waals surface area contributed by atoms with Crippen molar-refractivity contribution in [1.82, 2.24) is 10.3 Å². The molecular formula is C17H15N3OS. The van der Waals surface area contributed by atoms with Gasteiger partial charge in [0.2, 0.25) is 0 Å². The third kappa shape index (κ3) is 3.71. The van der Waals surface area contributed by atoms with Crippen molar-refractivity contribution >= 4 is 23.0 Å². The zero-order valence-electron chi connectivity index (χ0n) is 11.8. The minimum atomic E-state index is 0.527. The van der Waals surface area contributed by atoms with Crippen molar-refractivity contribution in [2.24, 2.45) is 0 Å². The van der Waals surface area contributed by atoms with Gasteiger partial charge < -0.3 is 15.1 Å². The topological polar surface area (TPSA) is 50.1 Å². The first kappa shape index (κ1) is 14.3. The van der Waals surface area contributed by atoms with Gasteiger partial charge in [-0.3, -0.25) is 4.98 Å². The Balaban J connectivity index is 1.56. The van der Waals surface area contributed by atoms with Crippen molar-refractivity contribution in [3.05, 3.63) is 72.8 Å². The number of rotatable bonds is 4. The summed E-state index contributed by atoms with van der Waals surface area (Å²) in [4.78, 5) is 4.02. The van der Waals surface area contributed by atoms with E-state index in [9.17, 15) is 0 Å². The van der Waals surface area contributed by atoms with Crippen molar-refractivity contribution in [1.29, 1.82) is 0 Å². The highest BCUT2D eigenvalue weighted by Gasteiger charge is 2.05. The average Bonchev–Trinajstić information content (AvgIpc) is 3.04. The van der Waals surface area contributed by atoms with Gasteiger partial charge in [0.25, 0.3) is 0 Å². The number of pyridine rings is 1. The van der Waals surface area contributed by atoms with E-state index in [-0.39, 0.29) is 0 Å². The van der Waals surface area contributed by atoms with E-state index in [1.165, 1.54) is 0 Å². The Morgan fingerprint density at radius 1 is 1.05 bits per heavy atom. The number of anilines is 1. The van der Waals surface area contributed by atoms with Crippen LogP contribution in [0.25, 0.3) is 11.3 Å². The number of aromatic nitrogens is 1. The van der Waals surface area contributed by atoms with Crippen LogP contribution in [0, 0.1) is 0 Å². The predicted octanol–water partition coefficient (Wildman–Crippen LogP) is 3.83. The minimum Gasteiger partial charge on any atom is -0.459 e. The zero-order valence-corrected chi connectivity index (χ0v) is 12.6. The van der Waals surface area contributed by atoms with Crippen LogP contribution in [-0.4, -0.2) is 10.1 Å². The van der Waals surface area contributed by atoms with E-state index in [1.54, 1.807) is 12.4 Å². The first-order chi connectivity index (χ1) is 10.8. The fourth-order valence-electron chi connectivity index (χ4n) is 2.01. The summed E-state index contributed by atoms with van der Waals surface area (Å²) >= 11 is 5.24. The Morgan fingerprint density at radius 2 is 1.91 bits per heavy atom. The minimum absolute atomic E-state index is 0.527. The molecule has 0 aliphatic rings. The van der Waals surface area contributed by atoms with Gasteiger partial charge in [0.05, 0.1) is 18.4 Å². The van der Waals surface area contributed by atoms with E-state index in [0.29, 0.717) is 11.7 Å². The molecule has 0 unspecified atom stereocenters. The molecule has 1 aromatic carbocycles. The van der Waals surface area contributed by atoms with Gasteiger partial charge in [0.1, 0.15) is 11.5 Å². The Bertz CT molecular complexity index is 741. The lowest BCUT2D eigenvalue weighted by atomic mass is 10.2. The predicted molar refractivity (Wildman–Crippen MR) is 91.4 cm³/mol. The van der Waals surface area contributed by atoms with Crippen LogP contribution in [0.3, 0.4) is 0 Å². The number of nitrogens with zero attached hydrogens (tertiary/aromatic N) is 1. The Morgan fingerprint density at radius 3 is 2.68 bits per heavy atom. The Kier molecular flexibility index (Phi) is 4.46. The lowest BCUT2D eigenvalue weighted by Crippen LogP contribution is -2.27. The van der Waals surface area contributed by atoms with Crippen LogP contribution in [0.5, 0.6) is 0 Å². The SMILES string of the molecule is S=C(NCc1ccc(-c2ccccc2)o1)Nc1cccnc1. The van der Waals surface area contributed by atoms with Gasteiger partial charge in [0.15, 0.2) is 5.11 Å². The molecule has 3 rings (SSSR count). The molecule has 2 aromatic heterocycles. The number of hydrogen-bond donors (Lipinski definition) is 2. The summed E-state index contributed by atoms with van der Waals surface area (Å²) < 4.78 is 5.81. The van der Waals surface area contributed by atoms with Crippen LogP contribution in [0.1, 0.15) is 5.76 Å². The van der Waals surface area contributed by atoms with E-state index >= 15 is 0 Å². The summed E-state index contributed by atoms with van der Waals surface area (Å²) in [5.74, 6) is 1.68. The van der Waals surface area contributed by atoms with Crippen molar-refractivity contribution in [2.45, 2.75) is 6.54 Å². The highest BCUT2D eigenvalue weighted by molar-refractivity contribution is 7.80. The van der Waals surface area contributed by atoms with Gasteiger partial charge in [0, 0.05) is 11.8 Å². The largest absolute Gasteiger partial charge is 0.459 e. The molecule has 0 fully saturated rings. The summed E-state index contributed by atoms with van der Waals surface area (Å²) in [5, 5.41) is 6.71. The Hall–Kier alpha value is -2.66. The van der Waals surface area contributed by atoms with E-state index in [1.807, 2.05) is 54.6 Å². The maximum atomic E-state index is 5.81. The lowest BCUT2D eigenvalue weighted by Gasteiger charge is -2.08. The number of hydrogen-bond acceptors (Lipinski definition) is 3. The molecule has 0 radical (unpaired) electrons. The summed E-state index contributed by atoms with van der Waals surface area (Å²) in [7, 11) is 0. The van der Waals surface area contributed by atoms with Crippen LogP contribution in [0.2, 0.25) is 0 Å². The average molecular weight is 309 g/mol. The molecule has 110 valence electrons. The molecule has 2 N–H and O–H groups in total. The maximum Gasteiger partial charge on any atom is 0.171 e. The molecule has 0 spiro atoms. The number of benzene rings is 1. The van der Waals surface area contributed by atoms with Crippen LogP contribution >= 0.6 is 12.2 Å². The van der Waals surface area contributed by atoms with Gasteiger partial charge in [-0.15, -0.1) is 0 Å². The lowest BCUT2D eigenvalue weighted by molar-refractivity contribution is 0.516. The first-order valence-corrected chi connectivity index (χ1v) is 7.31. The molecule has 3 aromatic rings. The summed E-state index contributed by atoms with van der Waals surface area (Å²) in [6.45, 7) is 0.527. The second-order valence-electron chi connectivity index (χ2n) is 4.68. The zero-order chi connectivity index (χ0) is 15.2. The summed E-state index contributed by atoms with van der Waals surface area (Å²) in [6.07, 6.45) is 3.43. The molecular weight excluding hydrogens is 294 g/mol. The highest BCUT2D eigenvalue weighted by atomic mass is 32.1. The maximum absolute atomic E-state index is 5.81. The van der Waals surface area contributed by atoms with Gasteiger partial charge in [-0.1, -0.05) is 30.3 Å². The standard InChI is InChI=1S/C17H15N3OS/c22-17(20-14-7-4-10-18-11-14)19-12-15-8-9-16(21-15)13-5-2-1-3-6-13/h1-11H,12H2,(H2,19,20,22). The molecule has 5 heteroatoms. The van der Waals surface area contributed by atoms with Crippen molar-refractivity contribution < 1.29 is 4.42 Å². The van der Waals surface area contributed by atoms with Gasteiger partial charge in [-0.05, 0) is 36.5 Å². The molecule has 2 heterocycles. The number of furan rings is 1. The molecule has 0 aliphatic heterocycles. The summed E-state index contributed by atoms with van der Waals surface area (Å²) in [5.41, 5.74) is 1.91. The fraction of sp³-hybridized carbons (Fsp3) is 0.0588. The van der Waals surface area contributed by atoms with E-state index in [4.69, 9.17) is 16.6 Å². The quantitative estimate of drug-likeness (QED) is 0.717. The first-order valence-electron chi connectivity index (χ1n) is 6.90. The second-order valence-corrected chi connectivity index (χ2v) is 5.09. The molecule has 4 nitrogen and oxygen atoms in total. The molecule has 0 bridgehead atoms. The van der Waals surface area contributed by atoms with Gasteiger partial charge in [-0.2, -0.15) is 0 Å². The normalized spacial score (nSPS) is 10.2. The highest BCUT2D eigenvalue weighted by Crippen LogP contribution is 2.21. The smallest absolute Gasteiger partial charge is 0.171 e. The van der Waals surface area contributed by atoms with Crippen LogP contribution in [-0.2, 0) is 6.54 Å². The van der Waals surface area contributed by atoms with Crippen LogP contribution in [0.15, 0.2) is 71.4 Å². The molecule has 0 saturated heterocycles. The third-order valence-corrected chi connectivity index (χ3v) is 3.31. The van der Waals surface area contributed by atoms with E-state index < -0.39 is 0 Å². The van der Waals surface area contributed by atoms with E-state index in [0.717, 1.165) is 22.8 Å². The van der Waals surface area contributed by atoms with Crippen molar-refractivity contribution in [2.75, 3.05) is 5.32 Å². The van der Waals surface area contributed by atoms with Crippen molar-refractivity contribution in [3.63, 3.8) is 0 Å². The van der Waals surface area contributed by atoms with Crippen LogP contribution < -0.4 is 10.6 Å². The molecule has 0 atom stereocenters. The second kappa shape index (κ2) is 6.87.